The SMILES string of the molecule is CN=CC#Cc1cccc(C)c1. The zero-order valence-electron chi connectivity index (χ0n) is 7.33. The average molecular weight is 157 g/mol. The molecule has 0 unspecified atom stereocenters. The summed E-state index contributed by atoms with van der Waals surface area (Å²) in [6.45, 7) is 2.05. The van der Waals surface area contributed by atoms with E-state index in [0.29, 0.717) is 0 Å². The predicted octanol–water partition coefficient (Wildman–Crippen LogP) is 2.05. The van der Waals surface area contributed by atoms with Crippen LogP contribution in [0.5, 0.6) is 0 Å². The zero-order chi connectivity index (χ0) is 8.81. The Bertz CT molecular complexity index is 340. The second-order valence-electron chi connectivity index (χ2n) is 2.53. The van der Waals surface area contributed by atoms with Crippen molar-refractivity contribution < 1.29 is 0 Å². The molecule has 1 aromatic carbocycles. The fourth-order valence-electron chi connectivity index (χ4n) is 0.903. The molecule has 0 heterocycles. The molecule has 1 nitrogen and oxygen atoms in total. The quantitative estimate of drug-likeness (QED) is 0.403. The van der Waals surface area contributed by atoms with Crippen molar-refractivity contribution in [1.29, 1.82) is 0 Å². The Morgan fingerprint density at radius 2 is 2.25 bits per heavy atom. The van der Waals surface area contributed by atoms with E-state index in [4.69, 9.17) is 0 Å². The van der Waals surface area contributed by atoms with E-state index in [9.17, 15) is 0 Å². The molecule has 0 amide bonds. The first kappa shape index (κ1) is 8.55. The van der Waals surface area contributed by atoms with Crippen molar-refractivity contribution in [3.8, 4) is 11.8 Å². The highest BCUT2D eigenvalue weighted by Crippen LogP contribution is 2.01. The van der Waals surface area contributed by atoms with E-state index in [1.165, 1.54) is 5.56 Å². The van der Waals surface area contributed by atoms with E-state index < -0.39 is 0 Å². The van der Waals surface area contributed by atoms with Gasteiger partial charge >= 0.3 is 0 Å². The van der Waals surface area contributed by atoms with Gasteiger partial charge in [0, 0.05) is 12.6 Å². The predicted molar refractivity (Wildman–Crippen MR) is 52.5 cm³/mol. The minimum atomic E-state index is 1.04. The Balaban J connectivity index is 2.85. The van der Waals surface area contributed by atoms with Gasteiger partial charge in [0.1, 0.15) is 0 Å². The third kappa shape index (κ3) is 2.59. The Kier molecular flexibility index (Phi) is 3.10. The van der Waals surface area contributed by atoms with Crippen LogP contribution in [0.4, 0.5) is 0 Å². The highest BCUT2D eigenvalue weighted by molar-refractivity contribution is 5.79. The smallest absolute Gasteiger partial charge is 0.0711 e. The fourth-order valence-corrected chi connectivity index (χ4v) is 0.903. The van der Waals surface area contributed by atoms with Gasteiger partial charge in [-0.05, 0) is 30.5 Å². The monoisotopic (exact) mass is 157 g/mol. The van der Waals surface area contributed by atoms with E-state index in [2.05, 4.69) is 35.9 Å². The van der Waals surface area contributed by atoms with E-state index in [1.54, 1.807) is 13.3 Å². The zero-order valence-corrected chi connectivity index (χ0v) is 7.33. The molecule has 0 spiro atoms. The van der Waals surface area contributed by atoms with Gasteiger partial charge in [-0.2, -0.15) is 0 Å². The number of aryl methyl sites for hydroxylation is 1. The lowest BCUT2D eigenvalue weighted by molar-refractivity contribution is 1.45. The molecule has 1 aromatic rings. The minimum Gasteiger partial charge on any atom is -0.288 e. The summed E-state index contributed by atoms with van der Waals surface area (Å²) in [5, 5.41) is 0. The first-order valence-corrected chi connectivity index (χ1v) is 3.82. The molecule has 0 saturated heterocycles. The van der Waals surface area contributed by atoms with E-state index in [0.717, 1.165) is 5.56 Å². The van der Waals surface area contributed by atoms with E-state index in [-0.39, 0.29) is 0 Å². The summed E-state index contributed by atoms with van der Waals surface area (Å²) in [6.07, 6.45) is 1.60. The number of hydrogen-bond acceptors (Lipinski definition) is 1. The van der Waals surface area contributed by atoms with Crippen molar-refractivity contribution in [2.24, 2.45) is 4.99 Å². The highest BCUT2D eigenvalue weighted by Gasteiger charge is 1.84. The number of aliphatic imine (C=N–C) groups is 1. The van der Waals surface area contributed by atoms with Gasteiger partial charge in [0.15, 0.2) is 0 Å². The van der Waals surface area contributed by atoms with Gasteiger partial charge in [0.05, 0.1) is 6.21 Å². The van der Waals surface area contributed by atoms with Crippen LogP contribution in [0.3, 0.4) is 0 Å². The highest BCUT2D eigenvalue weighted by atomic mass is 14.6. The van der Waals surface area contributed by atoms with Gasteiger partial charge in [-0.15, -0.1) is 0 Å². The van der Waals surface area contributed by atoms with Crippen LogP contribution >= 0.6 is 0 Å². The van der Waals surface area contributed by atoms with Gasteiger partial charge in [-0.1, -0.05) is 18.1 Å². The molecule has 0 fully saturated rings. The number of hydrogen-bond donors (Lipinski definition) is 0. The number of nitrogens with zero attached hydrogens (tertiary/aromatic N) is 1. The molecule has 0 bridgehead atoms. The van der Waals surface area contributed by atoms with Crippen LogP contribution in [0.25, 0.3) is 0 Å². The molecule has 60 valence electrons. The van der Waals surface area contributed by atoms with Crippen molar-refractivity contribution >= 4 is 6.21 Å². The van der Waals surface area contributed by atoms with Crippen LogP contribution < -0.4 is 0 Å². The third-order valence-corrected chi connectivity index (χ3v) is 1.43. The Labute approximate surface area is 73.2 Å². The lowest BCUT2D eigenvalue weighted by atomic mass is 10.1. The summed E-state index contributed by atoms with van der Waals surface area (Å²) in [5.74, 6) is 5.82. The Morgan fingerprint density at radius 3 is 2.92 bits per heavy atom. The topological polar surface area (TPSA) is 12.4 Å². The normalized spacial score (nSPS) is 9.50. The molecule has 0 saturated carbocycles. The van der Waals surface area contributed by atoms with Crippen LogP contribution in [0.15, 0.2) is 29.3 Å². The molecule has 0 N–H and O–H groups in total. The van der Waals surface area contributed by atoms with Crippen molar-refractivity contribution in [2.75, 3.05) is 7.05 Å². The molecular weight excluding hydrogens is 146 g/mol. The standard InChI is InChI=1S/C11H11N/c1-10-5-3-6-11(9-10)7-4-8-12-2/h3,5-6,8-9H,1-2H3. The molecule has 1 heteroatoms. The third-order valence-electron chi connectivity index (χ3n) is 1.43. The van der Waals surface area contributed by atoms with E-state index >= 15 is 0 Å². The molecule has 0 aliphatic heterocycles. The van der Waals surface area contributed by atoms with Crippen LogP contribution in [0.2, 0.25) is 0 Å². The molecule has 0 atom stereocenters. The first-order chi connectivity index (χ1) is 5.83. The van der Waals surface area contributed by atoms with Crippen molar-refractivity contribution in [1.82, 2.24) is 0 Å². The van der Waals surface area contributed by atoms with Gasteiger partial charge in [-0.25, -0.2) is 0 Å². The maximum atomic E-state index is 3.77. The number of rotatable bonds is 0. The summed E-state index contributed by atoms with van der Waals surface area (Å²) in [6, 6.07) is 8.10. The summed E-state index contributed by atoms with van der Waals surface area (Å²) in [7, 11) is 1.71. The molecule has 12 heavy (non-hydrogen) atoms. The summed E-state index contributed by atoms with van der Waals surface area (Å²) in [4.78, 5) is 3.77. The Morgan fingerprint density at radius 1 is 1.42 bits per heavy atom. The lowest BCUT2D eigenvalue weighted by Gasteiger charge is -1.90. The maximum absolute atomic E-state index is 3.77. The van der Waals surface area contributed by atoms with Crippen molar-refractivity contribution in [2.45, 2.75) is 6.92 Å². The van der Waals surface area contributed by atoms with Crippen molar-refractivity contribution in [3.05, 3.63) is 35.4 Å². The Hall–Kier alpha value is -1.55. The second kappa shape index (κ2) is 4.35. The van der Waals surface area contributed by atoms with Gasteiger partial charge in [-0.3, -0.25) is 4.99 Å². The molecule has 0 aromatic heterocycles. The summed E-state index contributed by atoms with van der Waals surface area (Å²) >= 11 is 0. The van der Waals surface area contributed by atoms with Gasteiger partial charge < -0.3 is 0 Å². The molecule has 0 radical (unpaired) electrons. The average Bonchev–Trinajstić information content (AvgIpc) is 2.05. The van der Waals surface area contributed by atoms with E-state index in [1.807, 2.05) is 12.1 Å². The number of benzene rings is 1. The maximum Gasteiger partial charge on any atom is 0.0711 e. The van der Waals surface area contributed by atoms with Crippen LogP contribution in [0, 0.1) is 18.8 Å². The lowest BCUT2D eigenvalue weighted by Crippen LogP contribution is -1.76. The van der Waals surface area contributed by atoms with Gasteiger partial charge in [0.2, 0.25) is 0 Å². The molecule has 1 rings (SSSR count). The molecular formula is C11H11N. The summed E-state index contributed by atoms with van der Waals surface area (Å²) in [5.41, 5.74) is 2.27. The molecule has 0 aliphatic carbocycles. The van der Waals surface area contributed by atoms with Crippen LogP contribution in [0.1, 0.15) is 11.1 Å². The fraction of sp³-hybridized carbons (Fsp3) is 0.182. The van der Waals surface area contributed by atoms with Crippen molar-refractivity contribution in [3.63, 3.8) is 0 Å². The van der Waals surface area contributed by atoms with Crippen LogP contribution in [-0.2, 0) is 0 Å². The van der Waals surface area contributed by atoms with Gasteiger partial charge in [0.25, 0.3) is 0 Å². The van der Waals surface area contributed by atoms with Crippen LogP contribution in [-0.4, -0.2) is 13.3 Å². The first-order valence-electron chi connectivity index (χ1n) is 3.82. The second-order valence-corrected chi connectivity index (χ2v) is 2.53. The molecule has 0 aliphatic rings. The summed E-state index contributed by atoms with van der Waals surface area (Å²) < 4.78 is 0. The largest absolute Gasteiger partial charge is 0.288 e. The minimum absolute atomic E-state index is 1.04.